The van der Waals surface area contributed by atoms with Crippen LogP contribution in [0.3, 0.4) is 0 Å². The highest BCUT2D eigenvalue weighted by Gasteiger charge is 2.52. The number of rotatable bonds is 9. The number of carbonyl (C=O) groups is 2. The molecular weight excluding hydrogens is 639 g/mol. The molecule has 0 aliphatic carbocycles. The Morgan fingerprint density at radius 3 is 1.49 bits per heavy atom. The van der Waals surface area contributed by atoms with Gasteiger partial charge in [-0.2, -0.15) is 0 Å². The van der Waals surface area contributed by atoms with E-state index in [1.807, 2.05) is 64.1 Å². The minimum Gasteiger partial charge on any atom is -0.497 e. The van der Waals surface area contributed by atoms with Crippen molar-refractivity contribution in [3.05, 3.63) is 101 Å². The molecule has 5 rings (SSSR count). The number of hydrogen-bond donors (Lipinski definition) is 0. The highest BCUT2D eigenvalue weighted by molar-refractivity contribution is 9.10. The molecule has 0 bridgehead atoms. The molecule has 4 aromatic rings. The minimum atomic E-state index is -0.631. The number of hydrogen-bond acceptors (Lipinski definition) is 8. The number of aldehydes is 2. The molecule has 10 heteroatoms. The van der Waals surface area contributed by atoms with E-state index in [1.54, 1.807) is 62.8 Å². The van der Waals surface area contributed by atoms with Crippen molar-refractivity contribution >= 4 is 41.1 Å². The van der Waals surface area contributed by atoms with Crippen molar-refractivity contribution in [2.24, 2.45) is 0 Å². The lowest BCUT2D eigenvalue weighted by Crippen LogP contribution is -2.41. The Bertz CT molecular complexity index is 1610. The van der Waals surface area contributed by atoms with Gasteiger partial charge in [-0.05, 0) is 110 Å². The molecule has 0 aromatic heterocycles. The molecule has 1 aliphatic rings. The SMILES string of the molecule is C.COc1cccc(Oc2ccc(C=O)c(B3OC(C)(C)C(C)(C)O3)c2)c1.COc1cccc(Oc2ccc(C=O)c(Br)c2)c1. The number of carbonyl (C=O) groups excluding carboxylic acids is 2. The van der Waals surface area contributed by atoms with Crippen molar-refractivity contribution < 1.29 is 37.8 Å². The van der Waals surface area contributed by atoms with Gasteiger partial charge in [0.1, 0.15) is 40.8 Å². The van der Waals surface area contributed by atoms with Crippen molar-refractivity contribution in [1.82, 2.24) is 0 Å². The molecule has 0 amide bonds. The van der Waals surface area contributed by atoms with E-state index < -0.39 is 18.3 Å². The quantitative estimate of drug-likeness (QED) is 0.129. The van der Waals surface area contributed by atoms with Crippen molar-refractivity contribution in [1.29, 1.82) is 0 Å². The van der Waals surface area contributed by atoms with Crippen molar-refractivity contribution in [2.75, 3.05) is 14.2 Å². The fraction of sp³-hybridized carbons (Fsp3) is 0.257. The first-order valence-electron chi connectivity index (χ1n) is 13.8. The summed E-state index contributed by atoms with van der Waals surface area (Å²) in [6.07, 6.45) is 1.59. The lowest BCUT2D eigenvalue weighted by Gasteiger charge is -2.32. The van der Waals surface area contributed by atoms with E-state index in [-0.39, 0.29) is 7.43 Å². The van der Waals surface area contributed by atoms with Crippen LogP contribution in [-0.4, -0.2) is 45.1 Å². The Morgan fingerprint density at radius 1 is 0.622 bits per heavy atom. The van der Waals surface area contributed by atoms with E-state index >= 15 is 0 Å². The van der Waals surface area contributed by atoms with Crippen LogP contribution in [0.25, 0.3) is 0 Å². The van der Waals surface area contributed by atoms with E-state index in [0.29, 0.717) is 49.8 Å². The van der Waals surface area contributed by atoms with Crippen LogP contribution in [0, 0.1) is 0 Å². The van der Waals surface area contributed by atoms with Gasteiger partial charge in [-0.25, -0.2) is 0 Å². The van der Waals surface area contributed by atoms with Gasteiger partial charge in [-0.3, -0.25) is 9.59 Å². The molecular formula is C35H38BBrO8. The standard InChI is InChI=1S/C20H23BO5.C14H11BrO3.CH4/c1-19(2)20(3,4)26-21(25-19)18-12-17(10-9-14(18)13-22)24-16-8-6-7-15(11-16)23-5;1-17-11-3-2-4-12(7-11)18-13-6-5-10(9-16)14(15)8-13;/h6-13H,1-5H3;2-9H,1H3;1H4. The predicted octanol–water partition coefficient (Wildman–Crippen LogP) is 8.30. The Kier molecular flexibility index (Phi) is 12.0. The molecule has 8 nitrogen and oxygen atoms in total. The Morgan fingerprint density at radius 2 is 1.04 bits per heavy atom. The molecule has 1 fully saturated rings. The Hall–Kier alpha value is -4.12. The molecule has 0 spiro atoms. The zero-order chi connectivity index (χ0) is 31.9. The van der Waals surface area contributed by atoms with Crippen molar-refractivity contribution in [3.63, 3.8) is 0 Å². The van der Waals surface area contributed by atoms with Crippen LogP contribution in [0.15, 0.2) is 89.4 Å². The average Bonchev–Trinajstić information content (AvgIpc) is 3.23. The summed E-state index contributed by atoms with van der Waals surface area (Å²) in [5.41, 5.74) is 0.789. The van der Waals surface area contributed by atoms with Crippen LogP contribution < -0.4 is 24.4 Å². The molecule has 1 aliphatic heterocycles. The van der Waals surface area contributed by atoms with Crippen LogP contribution in [0.5, 0.6) is 34.5 Å². The van der Waals surface area contributed by atoms with Crippen molar-refractivity contribution in [2.45, 2.75) is 46.3 Å². The number of ether oxygens (including phenoxy) is 4. The fourth-order valence-electron chi connectivity index (χ4n) is 4.17. The fourth-order valence-corrected chi connectivity index (χ4v) is 4.62. The normalized spacial score (nSPS) is 14.2. The third-order valence-corrected chi connectivity index (χ3v) is 8.03. The summed E-state index contributed by atoms with van der Waals surface area (Å²) in [7, 11) is 2.58. The topological polar surface area (TPSA) is 89.5 Å². The predicted molar refractivity (Wildman–Crippen MR) is 180 cm³/mol. The molecule has 236 valence electrons. The van der Waals surface area contributed by atoms with E-state index in [9.17, 15) is 9.59 Å². The van der Waals surface area contributed by atoms with Gasteiger partial charge in [-0.15, -0.1) is 0 Å². The van der Waals surface area contributed by atoms with E-state index in [4.69, 9.17) is 28.3 Å². The first-order valence-corrected chi connectivity index (χ1v) is 14.6. The summed E-state index contributed by atoms with van der Waals surface area (Å²) < 4.78 is 34.8. The second-order valence-corrected chi connectivity index (χ2v) is 11.7. The maximum Gasteiger partial charge on any atom is 0.495 e. The summed E-state index contributed by atoms with van der Waals surface area (Å²) in [6.45, 7) is 7.91. The number of benzene rings is 4. The zero-order valence-corrected chi connectivity index (χ0v) is 27.0. The monoisotopic (exact) mass is 676 g/mol. The molecule has 1 heterocycles. The van der Waals surface area contributed by atoms with Gasteiger partial charge in [0.05, 0.1) is 25.4 Å². The van der Waals surface area contributed by atoms with Crippen molar-refractivity contribution in [3.8, 4) is 34.5 Å². The molecule has 1 saturated heterocycles. The Labute approximate surface area is 273 Å². The third kappa shape index (κ3) is 8.75. The highest BCUT2D eigenvalue weighted by Crippen LogP contribution is 2.37. The minimum absolute atomic E-state index is 0. The second-order valence-electron chi connectivity index (χ2n) is 10.9. The summed E-state index contributed by atoms with van der Waals surface area (Å²) in [6, 6.07) is 25.1. The van der Waals surface area contributed by atoms with Crippen LogP contribution in [0.1, 0.15) is 55.8 Å². The Balaban J connectivity index is 0.000000256. The maximum absolute atomic E-state index is 11.5. The van der Waals surface area contributed by atoms with E-state index in [1.165, 1.54) is 0 Å². The summed E-state index contributed by atoms with van der Waals surface area (Å²) in [5.74, 6) is 4.01. The van der Waals surface area contributed by atoms with Gasteiger partial charge < -0.3 is 28.3 Å². The summed E-state index contributed by atoms with van der Waals surface area (Å²) >= 11 is 3.31. The molecule has 0 radical (unpaired) electrons. The molecule has 0 saturated carbocycles. The second kappa shape index (κ2) is 15.3. The molecule has 4 aromatic carbocycles. The highest BCUT2D eigenvalue weighted by atomic mass is 79.9. The smallest absolute Gasteiger partial charge is 0.495 e. The van der Waals surface area contributed by atoms with Crippen LogP contribution in [0.2, 0.25) is 0 Å². The lowest BCUT2D eigenvalue weighted by molar-refractivity contribution is 0.00578. The van der Waals surface area contributed by atoms with Gasteiger partial charge in [0.2, 0.25) is 0 Å². The first kappa shape index (κ1) is 35.4. The third-order valence-electron chi connectivity index (χ3n) is 7.35. The van der Waals surface area contributed by atoms with E-state index in [2.05, 4.69) is 15.9 Å². The molecule has 0 N–H and O–H groups in total. The molecule has 0 unspecified atom stereocenters. The van der Waals surface area contributed by atoms with Gasteiger partial charge >= 0.3 is 7.12 Å². The average molecular weight is 677 g/mol. The first-order chi connectivity index (χ1) is 21.0. The molecule has 45 heavy (non-hydrogen) atoms. The van der Waals surface area contributed by atoms with Crippen LogP contribution in [-0.2, 0) is 9.31 Å². The van der Waals surface area contributed by atoms with Gasteiger partial charge in [0.25, 0.3) is 0 Å². The van der Waals surface area contributed by atoms with Crippen LogP contribution in [0.4, 0.5) is 0 Å². The number of methoxy groups -OCH3 is 2. The van der Waals surface area contributed by atoms with Gasteiger partial charge in [0, 0.05) is 27.7 Å². The zero-order valence-electron chi connectivity index (χ0n) is 25.5. The van der Waals surface area contributed by atoms with Gasteiger partial charge in [-0.1, -0.05) is 19.6 Å². The largest absolute Gasteiger partial charge is 0.497 e. The summed E-state index contributed by atoms with van der Waals surface area (Å²) in [5, 5.41) is 0. The lowest BCUT2D eigenvalue weighted by atomic mass is 9.76. The van der Waals surface area contributed by atoms with E-state index in [0.717, 1.165) is 18.3 Å². The number of halogens is 1. The van der Waals surface area contributed by atoms with Crippen LogP contribution >= 0.6 is 15.9 Å². The molecule has 0 atom stereocenters. The maximum atomic E-state index is 11.5. The van der Waals surface area contributed by atoms with Gasteiger partial charge in [0.15, 0.2) is 6.29 Å². The summed E-state index contributed by atoms with van der Waals surface area (Å²) in [4.78, 5) is 22.2.